The molecule has 0 saturated heterocycles. The van der Waals surface area contributed by atoms with Crippen molar-refractivity contribution in [3.05, 3.63) is 187 Å². The minimum Gasteiger partial charge on any atom is -0.309 e. The Kier molecular flexibility index (Phi) is 6.61. The SMILES string of the molecule is N#Cc1ccc2c(c1)c1ccccc1n2-c1ccc(C#N)c(-c2ccccc2-n2c3ccccc3c3ccc(-n4c5ccccc5c5ccccc54)cc32)c1. The van der Waals surface area contributed by atoms with Crippen molar-refractivity contribution in [2.24, 2.45) is 0 Å². The molecular formula is C50H29N5. The third-order valence-electron chi connectivity index (χ3n) is 11.1. The predicted octanol–water partition coefficient (Wildman–Crippen LogP) is 12.4. The maximum atomic E-state index is 10.6. The minimum absolute atomic E-state index is 0.593. The Balaban J connectivity index is 1.17. The normalized spacial score (nSPS) is 11.6. The molecule has 0 radical (unpaired) electrons. The second-order valence-electron chi connectivity index (χ2n) is 14.0. The third-order valence-corrected chi connectivity index (χ3v) is 11.1. The van der Waals surface area contributed by atoms with Crippen LogP contribution in [-0.4, -0.2) is 13.7 Å². The molecule has 0 aliphatic carbocycles. The summed E-state index contributed by atoms with van der Waals surface area (Å²) in [6.45, 7) is 0. The number of benzene rings is 8. The summed E-state index contributed by atoms with van der Waals surface area (Å²) in [5, 5.41) is 27.2. The Morgan fingerprint density at radius 2 is 0.818 bits per heavy atom. The molecule has 5 nitrogen and oxygen atoms in total. The first-order valence-corrected chi connectivity index (χ1v) is 18.3. The molecule has 0 aliphatic rings. The smallest absolute Gasteiger partial charge is 0.0998 e. The number of rotatable bonds is 4. The van der Waals surface area contributed by atoms with Crippen LogP contribution in [0.15, 0.2) is 176 Å². The zero-order valence-corrected chi connectivity index (χ0v) is 29.5. The van der Waals surface area contributed by atoms with E-state index in [0.717, 1.165) is 82.8 Å². The van der Waals surface area contributed by atoms with Crippen molar-refractivity contribution in [1.29, 1.82) is 10.5 Å². The largest absolute Gasteiger partial charge is 0.309 e. The fourth-order valence-corrected chi connectivity index (χ4v) is 8.77. The number of hydrogen-bond acceptors (Lipinski definition) is 2. The molecule has 0 aliphatic heterocycles. The average molecular weight is 700 g/mol. The van der Waals surface area contributed by atoms with E-state index in [-0.39, 0.29) is 0 Å². The molecule has 3 heterocycles. The highest BCUT2D eigenvalue weighted by Crippen LogP contribution is 2.41. The van der Waals surface area contributed by atoms with Crippen LogP contribution in [0.3, 0.4) is 0 Å². The van der Waals surface area contributed by atoms with Gasteiger partial charge in [0.05, 0.1) is 62.1 Å². The standard InChI is InChI=1S/C50H29N5/c51-30-32-21-26-49-43(27-32)40-15-5-8-18-46(40)53(49)34-23-22-33(31-52)42(28-34)39-14-4-10-20-48(39)55-47-19-9-3-13-38(47)41-25-24-35(29-50(41)55)54-44-16-6-1-11-36(44)37-12-2-7-17-45(37)54/h1-29H. The van der Waals surface area contributed by atoms with E-state index in [9.17, 15) is 10.5 Å². The summed E-state index contributed by atoms with van der Waals surface area (Å²) in [5.74, 6) is 0. The van der Waals surface area contributed by atoms with Gasteiger partial charge in [-0.3, -0.25) is 0 Å². The van der Waals surface area contributed by atoms with Crippen molar-refractivity contribution in [3.8, 4) is 40.3 Å². The van der Waals surface area contributed by atoms with Crippen molar-refractivity contribution in [2.75, 3.05) is 0 Å². The quantitative estimate of drug-likeness (QED) is 0.184. The molecule has 0 saturated carbocycles. The van der Waals surface area contributed by atoms with E-state index in [1.165, 1.54) is 10.8 Å². The average Bonchev–Trinajstić information content (AvgIpc) is 3.88. The van der Waals surface area contributed by atoms with Crippen LogP contribution in [0.25, 0.3) is 93.6 Å². The molecule has 3 aromatic heterocycles. The van der Waals surface area contributed by atoms with Crippen molar-refractivity contribution in [1.82, 2.24) is 13.7 Å². The summed E-state index contributed by atoms with van der Waals surface area (Å²) >= 11 is 0. The summed E-state index contributed by atoms with van der Waals surface area (Å²) in [4.78, 5) is 0. The molecular weight excluding hydrogens is 671 g/mol. The van der Waals surface area contributed by atoms with Crippen LogP contribution >= 0.6 is 0 Å². The fraction of sp³-hybridized carbons (Fsp3) is 0. The van der Waals surface area contributed by atoms with E-state index in [0.29, 0.717) is 11.1 Å². The Hall–Kier alpha value is -7.86. The lowest BCUT2D eigenvalue weighted by Crippen LogP contribution is -2.01. The van der Waals surface area contributed by atoms with Crippen LogP contribution in [0.1, 0.15) is 11.1 Å². The van der Waals surface area contributed by atoms with Crippen molar-refractivity contribution in [3.63, 3.8) is 0 Å². The first-order chi connectivity index (χ1) is 27.2. The van der Waals surface area contributed by atoms with Crippen LogP contribution in [0.4, 0.5) is 0 Å². The van der Waals surface area contributed by atoms with Crippen LogP contribution in [-0.2, 0) is 0 Å². The van der Waals surface area contributed by atoms with Gasteiger partial charge in [0.2, 0.25) is 0 Å². The Labute approximate surface area is 316 Å². The van der Waals surface area contributed by atoms with Gasteiger partial charge in [-0.15, -0.1) is 0 Å². The highest BCUT2D eigenvalue weighted by molar-refractivity contribution is 6.13. The number of nitriles is 2. The van der Waals surface area contributed by atoms with Gasteiger partial charge in [0.25, 0.3) is 0 Å². The lowest BCUT2D eigenvalue weighted by Gasteiger charge is -2.17. The van der Waals surface area contributed by atoms with E-state index in [1.807, 2.05) is 48.5 Å². The number of nitrogens with zero attached hydrogens (tertiary/aromatic N) is 5. The minimum atomic E-state index is 0.593. The van der Waals surface area contributed by atoms with Gasteiger partial charge in [0.1, 0.15) is 0 Å². The fourth-order valence-electron chi connectivity index (χ4n) is 8.77. The molecule has 0 fully saturated rings. The molecule has 11 rings (SSSR count). The molecule has 55 heavy (non-hydrogen) atoms. The van der Waals surface area contributed by atoms with E-state index >= 15 is 0 Å². The van der Waals surface area contributed by atoms with Crippen LogP contribution < -0.4 is 0 Å². The highest BCUT2D eigenvalue weighted by Gasteiger charge is 2.20. The first kappa shape index (κ1) is 30.7. The number of fused-ring (bicyclic) bond motifs is 9. The highest BCUT2D eigenvalue weighted by atomic mass is 15.0. The Bertz CT molecular complexity index is 3420. The molecule has 5 heteroatoms. The maximum absolute atomic E-state index is 10.6. The number of hydrogen-bond donors (Lipinski definition) is 0. The molecule has 0 bridgehead atoms. The van der Waals surface area contributed by atoms with Crippen LogP contribution in [0, 0.1) is 22.7 Å². The molecule has 0 unspecified atom stereocenters. The first-order valence-electron chi connectivity index (χ1n) is 18.3. The zero-order valence-electron chi connectivity index (χ0n) is 29.5. The van der Waals surface area contributed by atoms with Crippen molar-refractivity contribution < 1.29 is 0 Å². The lowest BCUT2D eigenvalue weighted by atomic mass is 9.97. The molecule has 11 aromatic rings. The van der Waals surface area contributed by atoms with Crippen molar-refractivity contribution >= 4 is 65.4 Å². The monoisotopic (exact) mass is 699 g/mol. The summed E-state index contributed by atoms with van der Waals surface area (Å²) in [5.41, 5.74) is 12.6. The van der Waals surface area contributed by atoms with E-state index < -0.39 is 0 Å². The van der Waals surface area contributed by atoms with E-state index in [2.05, 4.69) is 153 Å². The van der Waals surface area contributed by atoms with Crippen LogP contribution in [0.5, 0.6) is 0 Å². The molecule has 0 atom stereocenters. The van der Waals surface area contributed by atoms with Gasteiger partial charge < -0.3 is 13.7 Å². The predicted molar refractivity (Wildman–Crippen MR) is 224 cm³/mol. The van der Waals surface area contributed by atoms with Crippen molar-refractivity contribution in [2.45, 2.75) is 0 Å². The van der Waals surface area contributed by atoms with Gasteiger partial charge in [-0.1, -0.05) is 97.1 Å². The molecule has 0 spiro atoms. The second-order valence-corrected chi connectivity index (χ2v) is 14.0. The molecule has 0 N–H and O–H groups in total. The van der Waals surface area contributed by atoms with Gasteiger partial charge in [-0.25, -0.2) is 0 Å². The van der Waals surface area contributed by atoms with Gasteiger partial charge in [0, 0.05) is 54.8 Å². The summed E-state index contributed by atoms with van der Waals surface area (Å²) in [6.07, 6.45) is 0. The van der Waals surface area contributed by atoms with Gasteiger partial charge in [-0.2, -0.15) is 10.5 Å². The molecule has 0 amide bonds. The maximum Gasteiger partial charge on any atom is 0.0998 e. The number of para-hydroxylation sites is 5. The molecule has 254 valence electrons. The zero-order chi connectivity index (χ0) is 36.6. The second kappa shape index (κ2) is 11.8. The third kappa shape index (κ3) is 4.45. The Morgan fingerprint density at radius 1 is 0.327 bits per heavy atom. The summed E-state index contributed by atoms with van der Waals surface area (Å²) in [6, 6.07) is 66.0. The summed E-state index contributed by atoms with van der Waals surface area (Å²) in [7, 11) is 0. The Morgan fingerprint density at radius 3 is 1.44 bits per heavy atom. The lowest BCUT2D eigenvalue weighted by molar-refractivity contribution is 1.15. The van der Waals surface area contributed by atoms with E-state index in [4.69, 9.17) is 0 Å². The van der Waals surface area contributed by atoms with E-state index in [1.54, 1.807) is 0 Å². The molecule has 8 aromatic carbocycles. The van der Waals surface area contributed by atoms with Gasteiger partial charge in [0.15, 0.2) is 0 Å². The summed E-state index contributed by atoms with van der Waals surface area (Å²) < 4.78 is 6.95. The van der Waals surface area contributed by atoms with Gasteiger partial charge in [-0.05, 0) is 78.9 Å². The van der Waals surface area contributed by atoms with Gasteiger partial charge >= 0.3 is 0 Å². The number of aromatic nitrogens is 3. The van der Waals surface area contributed by atoms with Crippen LogP contribution in [0.2, 0.25) is 0 Å². The topological polar surface area (TPSA) is 62.4 Å².